The average Bonchev–Trinajstić information content (AvgIpc) is 2.49. The van der Waals surface area contributed by atoms with Crippen molar-refractivity contribution in [1.82, 2.24) is 0 Å². The standard InChI is InChI=1S/C6H9N/c1-5-3-2-6(3,5)4(5)7/h3-4H,2,7H2,1H3. The van der Waals surface area contributed by atoms with Gasteiger partial charge in [-0.2, -0.15) is 0 Å². The Kier molecular flexibility index (Phi) is 0.179. The molecule has 3 saturated carbocycles. The zero-order chi connectivity index (χ0) is 4.86. The fraction of sp³-hybridized carbons (Fsp3) is 1.00. The minimum Gasteiger partial charge on any atom is -0.327 e. The summed E-state index contributed by atoms with van der Waals surface area (Å²) in [5.41, 5.74) is 7.17. The van der Waals surface area contributed by atoms with Crippen LogP contribution in [-0.2, 0) is 0 Å². The third-order valence-corrected chi connectivity index (χ3v) is 3.76. The van der Waals surface area contributed by atoms with Crippen molar-refractivity contribution >= 4 is 0 Å². The van der Waals surface area contributed by atoms with Gasteiger partial charge in [-0.15, -0.1) is 0 Å². The van der Waals surface area contributed by atoms with Gasteiger partial charge in [-0.1, -0.05) is 6.92 Å². The molecule has 7 heavy (non-hydrogen) atoms. The van der Waals surface area contributed by atoms with Crippen molar-refractivity contribution in [2.75, 3.05) is 0 Å². The number of fused-ring (bicyclic) bond motifs is 1. The van der Waals surface area contributed by atoms with E-state index in [1.54, 1.807) is 0 Å². The van der Waals surface area contributed by atoms with Gasteiger partial charge in [0.05, 0.1) is 0 Å². The van der Waals surface area contributed by atoms with Crippen LogP contribution >= 0.6 is 0 Å². The van der Waals surface area contributed by atoms with E-state index in [2.05, 4.69) is 6.92 Å². The first kappa shape index (κ1) is 3.08. The molecule has 3 rings (SSSR count). The lowest BCUT2D eigenvalue weighted by Gasteiger charge is -1.97. The highest BCUT2D eigenvalue weighted by molar-refractivity contribution is 5.54. The molecule has 0 aromatic carbocycles. The minimum absolute atomic E-state index is 0.616. The molecule has 3 fully saturated rings. The quantitative estimate of drug-likeness (QED) is 0.461. The summed E-state index contributed by atoms with van der Waals surface area (Å²) in [5.74, 6) is 1.09. The van der Waals surface area contributed by atoms with Crippen LogP contribution in [0, 0.1) is 16.7 Å². The summed E-state index contributed by atoms with van der Waals surface area (Å²) in [4.78, 5) is 0. The molecule has 0 aromatic rings. The fourth-order valence-corrected chi connectivity index (χ4v) is 2.68. The Morgan fingerprint density at radius 1 is 1.71 bits per heavy atom. The van der Waals surface area contributed by atoms with Crippen molar-refractivity contribution in [3.05, 3.63) is 0 Å². The van der Waals surface area contributed by atoms with Crippen LogP contribution in [0.3, 0.4) is 0 Å². The van der Waals surface area contributed by atoms with Crippen LogP contribution in [0.2, 0.25) is 0 Å². The van der Waals surface area contributed by atoms with E-state index in [0.29, 0.717) is 11.5 Å². The first-order valence-electron chi connectivity index (χ1n) is 3.00. The molecule has 4 unspecified atom stereocenters. The summed E-state index contributed by atoms with van der Waals surface area (Å²) < 4.78 is 0. The second kappa shape index (κ2) is 0.408. The second-order valence-electron chi connectivity index (χ2n) is 3.56. The summed E-state index contributed by atoms with van der Waals surface area (Å²) in [5, 5.41) is 0. The monoisotopic (exact) mass is 95.1 g/mol. The van der Waals surface area contributed by atoms with Crippen molar-refractivity contribution in [1.29, 1.82) is 0 Å². The van der Waals surface area contributed by atoms with E-state index in [0.717, 1.165) is 11.3 Å². The average molecular weight is 95.1 g/mol. The maximum atomic E-state index is 5.73. The number of hydrogen-bond donors (Lipinski definition) is 1. The molecule has 0 bridgehead atoms. The highest BCUT2D eigenvalue weighted by atomic mass is 15.2. The Hall–Kier alpha value is -0.0400. The molecule has 1 spiro atoms. The van der Waals surface area contributed by atoms with Crippen molar-refractivity contribution in [2.24, 2.45) is 22.5 Å². The maximum absolute atomic E-state index is 5.73. The van der Waals surface area contributed by atoms with Crippen LogP contribution in [0.25, 0.3) is 0 Å². The predicted molar refractivity (Wildman–Crippen MR) is 26.6 cm³/mol. The molecule has 1 nitrogen and oxygen atoms in total. The summed E-state index contributed by atoms with van der Waals surface area (Å²) >= 11 is 0. The van der Waals surface area contributed by atoms with Crippen LogP contribution in [0.5, 0.6) is 0 Å². The summed E-state index contributed by atoms with van der Waals surface area (Å²) in [6, 6.07) is 0.616. The van der Waals surface area contributed by atoms with Crippen molar-refractivity contribution in [2.45, 2.75) is 19.4 Å². The zero-order valence-corrected chi connectivity index (χ0v) is 4.44. The molecule has 1 heteroatoms. The first-order chi connectivity index (χ1) is 3.24. The Morgan fingerprint density at radius 2 is 2.29 bits per heavy atom. The molecular formula is C6H9N. The maximum Gasteiger partial charge on any atom is 0.0168 e. The van der Waals surface area contributed by atoms with Crippen LogP contribution in [0.4, 0.5) is 0 Å². The van der Waals surface area contributed by atoms with Gasteiger partial charge in [0.15, 0.2) is 0 Å². The molecule has 0 saturated heterocycles. The summed E-state index contributed by atoms with van der Waals surface area (Å²) in [6.45, 7) is 2.33. The van der Waals surface area contributed by atoms with Crippen LogP contribution in [0.1, 0.15) is 13.3 Å². The molecule has 38 valence electrons. The van der Waals surface area contributed by atoms with Crippen molar-refractivity contribution in [3.8, 4) is 0 Å². The van der Waals surface area contributed by atoms with Gasteiger partial charge in [0.1, 0.15) is 0 Å². The SMILES string of the molecule is CC12C(N)C13CC23. The molecule has 0 heterocycles. The van der Waals surface area contributed by atoms with E-state index in [1.165, 1.54) is 6.42 Å². The van der Waals surface area contributed by atoms with E-state index in [9.17, 15) is 0 Å². The highest BCUT2D eigenvalue weighted by Crippen LogP contribution is 3.04. The lowest BCUT2D eigenvalue weighted by atomic mass is 10.1. The lowest BCUT2D eigenvalue weighted by molar-refractivity contribution is 0.557. The van der Waals surface area contributed by atoms with Gasteiger partial charge < -0.3 is 5.73 Å². The summed E-state index contributed by atoms with van der Waals surface area (Å²) in [6.07, 6.45) is 1.46. The largest absolute Gasteiger partial charge is 0.327 e. The molecule has 3 aliphatic rings. The van der Waals surface area contributed by atoms with E-state index in [4.69, 9.17) is 5.73 Å². The Bertz CT molecular complexity index is 156. The number of rotatable bonds is 0. The molecule has 0 radical (unpaired) electrons. The van der Waals surface area contributed by atoms with Crippen molar-refractivity contribution < 1.29 is 0 Å². The molecule has 4 atom stereocenters. The van der Waals surface area contributed by atoms with E-state index in [1.807, 2.05) is 0 Å². The lowest BCUT2D eigenvalue weighted by Crippen LogP contribution is -2.14. The Labute approximate surface area is 42.9 Å². The van der Waals surface area contributed by atoms with E-state index in [-0.39, 0.29) is 0 Å². The molecular weight excluding hydrogens is 86.1 g/mol. The zero-order valence-electron chi connectivity index (χ0n) is 4.44. The van der Waals surface area contributed by atoms with Gasteiger partial charge in [-0.3, -0.25) is 0 Å². The van der Waals surface area contributed by atoms with Crippen LogP contribution < -0.4 is 5.73 Å². The normalized spacial score (nSPS) is 90.0. The minimum atomic E-state index is 0.616. The molecule has 0 aliphatic heterocycles. The smallest absolute Gasteiger partial charge is 0.0168 e. The third-order valence-electron chi connectivity index (χ3n) is 3.76. The van der Waals surface area contributed by atoms with Crippen LogP contribution in [-0.4, -0.2) is 6.04 Å². The number of hydrogen-bond acceptors (Lipinski definition) is 1. The Morgan fingerprint density at radius 3 is 2.29 bits per heavy atom. The van der Waals surface area contributed by atoms with Gasteiger partial charge in [-0.25, -0.2) is 0 Å². The predicted octanol–water partition coefficient (Wildman–Crippen LogP) is 0.354. The van der Waals surface area contributed by atoms with Gasteiger partial charge in [0.2, 0.25) is 0 Å². The van der Waals surface area contributed by atoms with Gasteiger partial charge in [-0.05, 0) is 23.2 Å². The third kappa shape index (κ3) is 0.0915. The second-order valence-corrected chi connectivity index (χ2v) is 3.56. The fourth-order valence-electron chi connectivity index (χ4n) is 2.68. The van der Waals surface area contributed by atoms with Gasteiger partial charge in [0.25, 0.3) is 0 Å². The van der Waals surface area contributed by atoms with Gasteiger partial charge in [0, 0.05) is 6.04 Å². The first-order valence-corrected chi connectivity index (χ1v) is 3.00. The topological polar surface area (TPSA) is 26.0 Å². The molecule has 0 aromatic heterocycles. The molecule has 0 amide bonds. The van der Waals surface area contributed by atoms with Gasteiger partial charge >= 0.3 is 0 Å². The number of nitrogens with two attached hydrogens (primary N) is 1. The molecule has 3 aliphatic carbocycles. The molecule has 2 N–H and O–H groups in total. The Balaban J connectivity index is 2.17. The van der Waals surface area contributed by atoms with E-state index < -0.39 is 0 Å². The summed E-state index contributed by atoms with van der Waals surface area (Å²) in [7, 11) is 0. The van der Waals surface area contributed by atoms with Crippen LogP contribution in [0.15, 0.2) is 0 Å². The highest BCUT2D eigenvalue weighted by Gasteiger charge is 3.04. The van der Waals surface area contributed by atoms with E-state index >= 15 is 0 Å². The van der Waals surface area contributed by atoms with Crippen molar-refractivity contribution in [3.63, 3.8) is 0 Å².